The Kier molecular flexibility index (Phi) is 10.3. The number of benzene rings is 3. The summed E-state index contributed by atoms with van der Waals surface area (Å²) >= 11 is 0. The van der Waals surface area contributed by atoms with Gasteiger partial charge < -0.3 is 14.6 Å². The summed E-state index contributed by atoms with van der Waals surface area (Å²) in [6.45, 7) is 10.2. The lowest BCUT2D eigenvalue weighted by atomic mass is 9.72. The van der Waals surface area contributed by atoms with Gasteiger partial charge in [-0.15, -0.1) is 0 Å². The number of imide groups is 1. The van der Waals surface area contributed by atoms with Crippen LogP contribution in [0.3, 0.4) is 0 Å². The SMILES string of the molecule is CCC[C@@H](NC(=O)N1C(=O)C(CC)(CC)[C@@H]1Oc1ccc(CP(=O)(OCC)c2ccccc2)cc1)c1ccc(C)cc1. The first-order valence-electron chi connectivity index (χ1n) is 15.0. The number of likely N-dealkylation sites (tertiary alicyclic amines) is 1. The lowest BCUT2D eigenvalue weighted by Gasteiger charge is -2.53. The first kappa shape index (κ1) is 31.5. The monoisotopic (exact) mass is 590 g/mol. The Morgan fingerprint density at radius 3 is 2.17 bits per heavy atom. The van der Waals surface area contributed by atoms with Crippen LogP contribution in [0.2, 0.25) is 0 Å². The van der Waals surface area contributed by atoms with E-state index >= 15 is 0 Å². The third-order valence-corrected chi connectivity index (χ3v) is 10.8. The zero-order valence-electron chi connectivity index (χ0n) is 25.3. The van der Waals surface area contributed by atoms with Crippen LogP contribution >= 0.6 is 7.37 Å². The minimum absolute atomic E-state index is 0.209. The van der Waals surface area contributed by atoms with Gasteiger partial charge in [-0.1, -0.05) is 87.4 Å². The molecule has 8 heteroatoms. The number of hydrogen-bond acceptors (Lipinski definition) is 5. The molecule has 3 amide bonds. The molecule has 1 fully saturated rings. The number of aryl methyl sites for hydroxylation is 1. The molecule has 224 valence electrons. The van der Waals surface area contributed by atoms with Gasteiger partial charge in [-0.2, -0.15) is 0 Å². The number of amides is 3. The molecule has 7 nitrogen and oxygen atoms in total. The highest BCUT2D eigenvalue weighted by molar-refractivity contribution is 7.66. The van der Waals surface area contributed by atoms with E-state index in [4.69, 9.17) is 9.26 Å². The van der Waals surface area contributed by atoms with Crippen LogP contribution in [0.5, 0.6) is 5.75 Å². The fourth-order valence-electron chi connectivity index (χ4n) is 5.64. The Morgan fingerprint density at radius 1 is 0.952 bits per heavy atom. The zero-order chi connectivity index (χ0) is 30.3. The number of ether oxygens (including phenoxy) is 1. The van der Waals surface area contributed by atoms with Crippen LogP contribution in [0.15, 0.2) is 78.9 Å². The molecule has 3 aromatic carbocycles. The normalized spacial score (nSPS) is 18.1. The van der Waals surface area contributed by atoms with Crippen molar-refractivity contribution in [2.75, 3.05) is 6.61 Å². The molecule has 0 aromatic heterocycles. The molecule has 3 aromatic rings. The van der Waals surface area contributed by atoms with Gasteiger partial charge in [0.2, 0.25) is 13.3 Å². The molecule has 4 rings (SSSR count). The fourth-order valence-corrected chi connectivity index (χ4v) is 7.80. The summed E-state index contributed by atoms with van der Waals surface area (Å²) in [6.07, 6.45) is 2.27. The van der Waals surface area contributed by atoms with E-state index in [1.807, 2.05) is 94.4 Å². The highest BCUT2D eigenvalue weighted by Gasteiger charge is 2.63. The zero-order valence-corrected chi connectivity index (χ0v) is 26.2. The molecular weight excluding hydrogens is 547 g/mol. The molecule has 0 bridgehead atoms. The van der Waals surface area contributed by atoms with Crippen LogP contribution in [0.1, 0.15) is 76.1 Å². The molecule has 3 atom stereocenters. The predicted molar refractivity (Wildman–Crippen MR) is 167 cm³/mol. The van der Waals surface area contributed by atoms with Crippen molar-refractivity contribution in [3.05, 3.63) is 95.6 Å². The Balaban J connectivity index is 1.52. The molecule has 1 aliphatic rings. The molecule has 42 heavy (non-hydrogen) atoms. The second-order valence-corrected chi connectivity index (χ2v) is 13.4. The van der Waals surface area contributed by atoms with Gasteiger partial charge in [0.1, 0.15) is 11.2 Å². The number of urea groups is 1. The van der Waals surface area contributed by atoms with E-state index < -0.39 is 25.0 Å². The number of hydrogen-bond donors (Lipinski definition) is 1. The molecule has 0 spiro atoms. The molecule has 1 saturated heterocycles. The third-order valence-electron chi connectivity index (χ3n) is 8.24. The van der Waals surface area contributed by atoms with Gasteiger partial charge in [0.25, 0.3) is 0 Å². The number of nitrogens with one attached hydrogen (secondary N) is 1. The summed E-state index contributed by atoms with van der Waals surface area (Å²) in [5, 5.41) is 3.78. The van der Waals surface area contributed by atoms with Gasteiger partial charge in [-0.3, -0.25) is 9.36 Å². The van der Waals surface area contributed by atoms with Crippen molar-refractivity contribution < 1.29 is 23.4 Å². The van der Waals surface area contributed by atoms with Gasteiger partial charge in [-0.05, 0) is 68.5 Å². The van der Waals surface area contributed by atoms with Crippen molar-refractivity contribution in [3.8, 4) is 5.75 Å². The van der Waals surface area contributed by atoms with Gasteiger partial charge in [0, 0.05) is 5.30 Å². The van der Waals surface area contributed by atoms with Crippen LogP contribution in [-0.2, 0) is 20.0 Å². The maximum atomic E-state index is 13.7. The van der Waals surface area contributed by atoms with Crippen LogP contribution < -0.4 is 15.4 Å². The van der Waals surface area contributed by atoms with Crippen LogP contribution in [0.25, 0.3) is 0 Å². The second-order valence-electron chi connectivity index (χ2n) is 10.9. The highest BCUT2D eigenvalue weighted by Crippen LogP contribution is 2.49. The van der Waals surface area contributed by atoms with Crippen molar-refractivity contribution in [1.29, 1.82) is 0 Å². The predicted octanol–water partition coefficient (Wildman–Crippen LogP) is 7.74. The molecule has 0 radical (unpaired) electrons. The van der Waals surface area contributed by atoms with Crippen LogP contribution in [-0.4, -0.2) is 29.7 Å². The van der Waals surface area contributed by atoms with Gasteiger partial charge in [0.05, 0.1) is 18.8 Å². The number of rotatable bonds is 13. The van der Waals surface area contributed by atoms with Crippen molar-refractivity contribution in [1.82, 2.24) is 10.2 Å². The summed E-state index contributed by atoms with van der Waals surface area (Å²) in [5.41, 5.74) is 2.22. The fraction of sp³-hybridized carbons (Fsp3) is 0.412. The Bertz CT molecular complexity index is 1390. The maximum Gasteiger partial charge on any atom is 0.327 e. The number of β-lactam (4-membered cyclic amide) rings is 1. The van der Waals surface area contributed by atoms with Crippen molar-refractivity contribution in [2.45, 2.75) is 78.7 Å². The Morgan fingerprint density at radius 2 is 1.60 bits per heavy atom. The number of carbonyl (C=O) groups is 2. The molecule has 1 unspecified atom stereocenters. The van der Waals surface area contributed by atoms with Crippen LogP contribution in [0.4, 0.5) is 4.79 Å². The quantitative estimate of drug-likeness (QED) is 0.163. The van der Waals surface area contributed by atoms with E-state index in [9.17, 15) is 14.2 Å². The van der Waals surface area contributed by atoms with Gasteiger partial charge in [-0.25, -0.2) is 9.69 Å². The second kappa shape index (κ2) is 13.7. The molecule has 0 aliphatic carbocycles. The van der Waals surface area contributed by atoms with E-state index in [0.29, 0.717) is 30.5 Å². The van der Waals surface area contributed by atoms with E-state index in [1.54, 1.807) is 12.1 Å². The summed E-state index contributed by atoms with van der Waals surface area (Å²) in [4.78, 5) is 28.2. The highest BCUT2D eigenvalue weighted by atomic mass is 31.2. The van der Waals surface area contributed by atoms with Gasteiger partial charge in [0.15, 0.2) is 6.23 Å². The topological polar surface area (TPSA) is 84.9 Å². The summed E-state index contributed by atoms with van der Waals surface area (Å²) in [6, 6.07) is 24.1. The van der Waals surface area contributed by atoms with E-state index in [0.717, 1.165) is 29.5 Å². The first-order valence-corrected chi connectivity index (χ1v) is 16.8. The minimum atomic E-state index is -3.09. The third kappa shape index (κ3) is 6.48. The summed E-state index contributed by atoms with van der Waals surface area (Å²) in [7, 11) is -3.09. The van der Waals surface area contributed by atoms with Crippen molar-refractivity contribution in [3.63, 3.8) is 0 Å². The van der Waals surface area contributed by atoms with Crippen molar-refractivity contribution >= 4 is 24.6 Å². The Labute approximate surface area is 250 Å². The summed E-state index contributed by atoms with van der Waals surface area (Å²) < 4.78 is 25.9. The minimum Gasteiger partial charge on any atom is -0.469 e. The van der Waals surface area contributed by atoms with E-state index in [2.05, 4.69) is 12.2 Å². The molecule has 1 heterocycles. The average Bonchev–Trinajstić information content (AvgIpc) is 2.99. The van der Waals surface area contributed by atoms with Gasteiger partial charge >= 0.3 is 6.03 Å². The largest absolute Gasteiger partial charge is 0.469 e. The maximum absolute atomic E-state index is 13.7. The lowest BCUT2D eigenvalue weighted by molar-refractivity contribution is -0.191. The summed E-state index contributed by atoms with van der Waals surface area (Å²) in [5.74, 6) is 0.321. The lowest BCUT2D eigenvalue weighted by Crippen LogP contribution is -2.73. The molecule has 0 saturated carbocycles. The van der Waals surface area contributed by atoms with E-state index in [1.165, 1.54) is 4.90 Å². The van der Waals surface area contributed by atoms with Crippen LogP contribution in [0, 0.1) is 12.3 Å². The molecule has 1 N–H and O–H groups in total. The molecule has 1 aliphatic heterocycles. The average molecular weight is 591 g/mol. The standard InChI is InChI=1S/C34H43N2O5P/c1-6-13-30(27-20-16-25(5)17-21-27)35-33(38)36-31(37)34(7-2,8-3)32(36)41-28-22-18-26(19-23-28)24-42(39,40-9-4)29-14-11-10-12-15-29/h10-12,14-23,30,32H,6-9,13,24H2,1-5H3,(H,35,38)/t30-,32+,42?/m1/s1. The first-order chi connectivity index (χ1) is 20.2. The smallest absolute Gasteiger partial charge is 0.327 e. The van der Waals surface area contributed by atoms with E-state index in [-0.39, 0.29) is 18.1 Å². The van der Waals surface area contributed by atoms with Crippen molar-refractivity contribution in [2.24, 2.45) is 5.41 Å². The number of nitrogens with zero attached hydrogens (tertiary/aromatic N) is 1. The molecular formula is C34H43N2O5P. The Hall–Kier alpha value is -3.41. The number of carbonyl (C=O) groups excluding carboxylic acids is 2.